The minimum Gasteiger partial charge on any atom is -0.367 e. The van der Waals surface area contributed by atoms with E-state index < -0.39 is 0 Å². The molecule has 3 heterocycles. The highest BCUT2D eigenvalue weighted by Gasteiger charge is 2.22. The Balaban J connectivity index is 1.58. The van der Waals surface area contributed by atoms with Crippen LogP contribution in [-0.2, 0) is 0 Å². The molecular weight excluding hydrogens is 308 g/mol. The molecule has 0 radical (unpaired) electrons. The Kier molecular flexibility index (Phi) is 4.66. The summed E-state index contributed by atoms with van der Waals surface area (Å²) in [5.41, 5.74) is 1.16. The molecule has 7 heteroatoms. The van der Waals surface area contributed by atoms with Crippen molar-refractivity contribution in [3.8, 4) is 0 Å². The molecule has 1 aliphatic heterocycles. The first-order valence-electron chi connectivity index (χ1n) is 7.98. The predicted molar refractivity (Wildman–Crippen MR) is 96.8 cm³/mol. The average molecular weight is 332 g/mol. The van der Waals surface area contributed by atoms with Crippen LogP contribution in [0, 0.1) is 13.8 Å². The molecule has 0 atom stereocenters. The van der Waals surface area contributed by atoms with Crippen LogP contribution in [-0.4, -0.2) is 48.2 Å². The van der Waals surface area contributed by atoms with Gasteiger partial charge >= 0.3 is 0 Å². The van der Waals surface area contributed by atoms with E-state index in [0.717, 1.165) is 48.4 Å². The van der Waals surface area contributed by atoms with Crippen LogP contribution in [0.25, 0.3) is 0 Å². The molecular formula is C16H24N6S. The number of aromatic nitrogens is 3. The fourth-order valence-corrected chi connectivity index (χ4v) is 3.65. The Morgan fingerprint density at radius 2 is 1.96 bits per heavy atom. The lowest BCUT2D eigenvalue weighted by Gasteiger charge is -2.32. The Morgan fingerprint density at radius 1 is 1.22 bits per heavy atom. The predicted octanol–water partition coefficient (Wildman–Crippen LogP) is 2.70. The number of nitrogens with one attached hydrogen (secondary N) is 1. The summed E-state index contributed by atoms with van der Waals surface area (Å²) in [6.45, 7) is 6.30. The normalized spacial score (nSPS) is 15.7. The highest BCUT2D eigenvalue weighted by Crippen LogP contribution is 2.28. The fourth-order valence-electron chi connectivity index (χ4n) is 2.69. The van der Waals surface area contributed by atoms with Crippen molar-refractivity contribution in [2.45, 2.75) is 32.7 Å². The van der Waals surface area contributed by atoms with Gasteiger partial charge in [0.2, 0.25) is 0 Å². The smallest absolute Gasteiger partial charge is 0.185 e. The first kappa shape index (κ1) is 16.0. The number of nitrogens with zero attached hydrogens (tertiary/aromatic N) is 5. The Hall–Kier alpha value is -1.89. The van der Waals surface area contributed by atoms with Gasteiger partial charge in [0.1, 0.15) is 18.0 Å². The number of thiazole rings is 1. The standard InChI is InChI=1S/C16H24N6S/c1-11-12(2)23-16(19-11)22-7-5-13(6-8-22)20-14-9-15(21(3)4)18-10-17-14/h9-10,13H,5-8H2,1-4H3,(H,17,18,20). The highest BCUT2D eigenvalue weighted by molar-refractivity contribution is 7.15. The minimum atomic E-state index is 0.457. The first-order valence-corrected chi connectivity index (χ1v) is 8.79. The maximum Gasteiger partial charge on any atom is 0.185 e. The van der Waals surface area contributed by atoms with Gasteiger partial charge in [0, 0.05) is 44.2 Å². The molecule has 0 aromatic carbocycles. The van der Waals surface area contributed by atoms with Gasteiger partial charge in [-0.2, -0.15) is 0 Å². The van der Waals surface area contributed by atoms with Gasteiger partial charge in [-0.15, -0.1) is 11.3 Å². The second-order valence-electron chi connectivity index (χ2n) is 6.20. The van der Waals surface area contributed by atoms with Crippen LogP contribution in [0.1, 0.15) is 23.4 Å². The molecule has 2 aromatic heterocycles. The molecule has 0 spiro atoms. The number of rotatable bonds is 4. The third-order valence-corrected chi connectivity index (χ3v) is 5.38. The number of piperidine rings is 1. The lowest BCUT2D eigenvalue weighted by Crippen LogP contribution is -2.39. The second-order valence-corrected chi connectivity index (χ2v) is 7.38. The number of hydrogen-bond acceptors (Lipinski definition) is 7. The van der Waals surface area contributed by atoms with Gasteiger partial charge in [0.05, 0.1) is 5.69 Å². The van der Waals surface area contributed by atoms with Crippen molar-refractivity contribution in [2.75, 3.05) is 42.3 Å². The van der Waals surface area contributed by atoms with Crippen LogP contribution in [0.4, 0.5) is 16.8 Å². The van der Waals surface area contributed by atoms with E-state index in [4.69, 9.17) is 0 Å². The second kappa shape index (κ2) is 6.70. The molecule has 1 N–H and O–H groups in total. The largest absolute Gasteiger partial charge is 0.367 e. The Bertz CT molecular complexity index is 641. The molecule has 2 aromatic rings. The summed E-state index contributed by atoms with van der Waals surface area (Å²) in [6, 6.07) is 2.46. The Labute approximate surface area is 141 Å². The van der Waals surface area contributed by atoms with Crippen LogP contribution >= 0.6 is 11.3 Å². The number of anilines is 3. The Morgan fingerprint density at radius 3 is 2.57 bits per heavy atom. The van der Waals surface area contributed by atoms with Crippen molar-refractivity contribution < 1.29 is 0 Å². The van der Waals surface area contributed by atoms with Crippen LogP contribution in [0.5, 0.6) is 0 Å². The molecule has 3 rings (SSSR count). The van der Waals surface area contributed by atoms with Crippen LogP contribution in [0.2, 0.25) is 0 Å². The zero-order valence-electron chi connectivity index (χ0n) is 14.2. The van der Waals surface area contributed by atoms with E-state index in [-0.39, 0.29) is 0 Å². The minimum absolute atomic E-state index is 0.457. The van der Waals surface area contributed by atoms with E-state index in [1.807, 2.05) is 25.1 Å². The molecule has 0 amide bonds. The molecule has 0 bridgehead atoms. The van der Waals surface area contributed by atoms with Gasteiger partial charge in [-0.25, -0.2) is 15.0 Å². The monoisotopic (exact) mass is 332 g/mol. The molecule has 0 saturated carbocycles. The molecule has 0 aliphatic carbocycles. The molecule has 1 saturated heterocycles. The van der Waals surface area contributed by atoms with E-state index in [2.05, 4.69) is 39.0 Å². The summed E-state index contributed by atoms with van der Waals surface area (Å²) in [7, 11) is 3.98. The molecule has 0 unspecified atom stereocenters. The van der Waals surface area contributed by atoms with E-state index >= 15 is 0 Å². The van der Waals surface area contributed by atoms with Crippen molar-refractivity contribution in [3.63, 3.8) is 0 Å². The third kappa shape index (κ3) is 3.72. The third-order valence-electron chi connectivity index (χ3n) is 4.25. The number of hydrogen-bond donors (Lipinski definition) is 1. The summed E-state index contributed by atoms with van der Waals surface area (Å²) >= 11 is 1.80. The van der Waals surface area contributed by atoms with Crippen LogP contribution < -0.4 is 15.1 Å². The zero-order valence-corrected chi connectivity index (χ0v) is 15.0. The quantitative estimate of drug-likeness (QED) is 0.929. The van der Waals surface area contributed by atoms with Gasteiger partial charge in [0.15, 0.2) is 5.13 Å². The lowest BCUT2D eigenvalue weighted by atomic mass is 10.1. The highest BCUT2D eigenvalue weighted by atomic mass is 32.1. The average Bonchev–Trinajstić information content (AvgIpc) is 2.88. The van der Waals surface area contributed by atoms with Crippen molar-refractivity contribution in [1.29, 1.82) is 0 Å². The summed E-state index contributed by atoms with van der Waals surface area (Å²) in [5.74, 6) is 1.83. The van der Waals surface area contributed by atoms with Gasteiger partial charge in [-0.1, -0.05) is 0 Å². The summed E-state index contributed by atoms with van der Waals surface area (Å²) in [4.78, 5) is 19.0. The van der Waals surface area contributed by atoms with Crippen LogP contribution in [0.3, 0.4) is 0 Å². The van der Waals surface area contributed by atoms with E-state index in [0.29, 0.717) is 6.04 Å². The van der Waals surface area contributed by atoms with Crippen molar-refractivity contribution in [1.82, 2.24) is 15.0 Å². The summed E-state index contributed by atoms with van der Waals surface area (Å²) < 4.78 is 0. The maximum absolute atomic E-state index is 4.67. The van der Waals surface area contributed by atoms with Crippen molar-refractivity contribution >= 4 is 28.1 Å². The SMILES string of the molecule is Cc1nc(N2CCC(Nc3cc(N(C)C)ncn3)CC2)sc1C. The lowest BCUT2D eigenvalue weighted by molar-refractivity contribution is 0.524. The molecule has 124 valence electrons. The first-order chi connectivity index (χ1) is 11.0. The molecule has 23 heavy (non-hydrogen) atoms. The maximum atomic E-state index is 4.67. The van der Waals surface area contributed by atoms with Gasteiger partial charge in [-0.3, -0.25) is 0 Å². The van der Waals surface area contributed by atoms with Gasteiger partial charge < -0.3 is 15.1 Å². The molecule has 1 aliphatic rings. The van der Waals surface area contributed by atoms with E-state index in [1.165, 1.54) is 4.88 Å². The fraction of sp³-hybridized carbons (Fsp3) is 0.562. The number of aryl methyl sites for hydroxylation is 2. The van der Waals surface area contributed by atoms with E-state index in [9.17, 15) is 0 Å². The van der Waals surface area contributed by atoms with Gasteiger partial charge in [-0.05, 0) is 26.7 Å². The zero-order chi connectivity index (χ0) is 16.4. The van der Waals surface area contributed by atoms with Crippen molar-refractivity contribution in [3.05, 3.63) is 23.0 Å². The van der Waals surface area contributed by atoms with E-state index in [1.54, 1.807) is 17.7 Å². The van der Waals surface area contributed by atoms with Crippen molar-refractivity contribution in [2.24, 2.45) is 0 Å². The molecule has 1 fully saturated rings. The summed E-state index contributed by atoms with van der Waals surface area (Å²) in [5, 5.41) is 4.71. The molecule has 6 nitrogen and oxygen atoms in total. The van der Waals surface area contributed by atoms with Gasteiger partial charge in [0.25, 0.3) is 0 Å². The topological polar surface area (TPSA) is 57.2 Å². The van der Waals surface area contributed by atoms with Crippen LogP contribution in [0.15, 0.2) is 12.4 Å². The summed E-state index contributed by atoms with van der Waals surface area (Å²) in [6.07, 6.45) is 3.81.